The molecule has 1 unspecified atom stereocenters. The fraction of sp³-hybridized carbons (Fsp3) is 0.400. The van der Waals surface area contributed by atoms with Crippen LogP contribution in [0.25, 0.3) is 5.57 Å². The quantitative estimate of drug-likeness (QED) is 0.854. The van der Waals surface area contributed by atoms with Crippen molar-refractivity contribution >= 4 is 11.5 Å². The van der Waals surface area contributed by atoms with Gasteiger partial charge >= 0.3 is 0 Å². The van der Waals surface area contributed by atoms with Crippen molar-refractivity contribution in [2.24, 2.45) is 0 Å². The van der Waals surface area contributed by atoms with Crippen LogP contribution in [0.5, 0.6) is 0 Å². The minimum atomic E-state index is 0.0498. The van der Waals surface area contributed by atoms with Gasteiger partial charge in [-0.3, -0.25) is 4.79 Å². The molecule has 3 heterocycles. The Morgan fingerprint density at radius 1 is 1.16 bits per heavy atom. The zero-order valence-corrected chi connectivity index (χ0v) is 14.3. The number of amides is 1. The van der Waals surface area contributed by atoms with E-state index in [-0.39, 0.29) is 12.1 Å². The van der Waals surface area contributed by atoms with Crippen molar-refractivity contribution in [3.63, 3.8) is 0 Å². The van der Waals surface area contributed by atoms with E-state index in [4.69, 9.17) is 4.74 Å². The van der Waals surface area contributed by atoms with Gasteiger partial charge in [0, 0.05) is 31.0 Å². The fourth-order valence-corrected chi connectivity index (χ4v) is 3.44. The molecule has 1 atom stereocenters. The lowest BCUT2D eigenvalue weighted by Gasteiger charge is -2.25. The van der Waals surface area contributed by atoms with E-state index in [0.717, 1.165) is 42.6 Å². The number of ether oxygens (including phenoxy) is 1. The highest BCUT2D eigenvalue weighted by molar-refractivity contribution is 5.84. The van der Waals surface area contributed by atoms with Gasteiger partial charge in [0.15, 0.2) is 0 Å². The smallest absolute Gasteiger partial charge is 0.227 e. The van der Waals surface area contributed by atoms with Crippen LogP contribution >= 0.6 is 0 Å². The summed E-state index contributed by atoms with van der Waals surface area (Å²) in [5.41, 5.74) is 3.39. The highest BCUT2D eigenvalue weighted by atomic mass is 16.5. The molecule has 1 saturated heterocycles. The van der Waals surface area contributed by atoms with E-state index in [1.165, 1.54) is 6.42 Å². The first-order valence-electron chi connectivity index (χ1n) is 9.00. The van der Waals surface area contributed by atoms with Crippen LogP contribution in [0, 0.1) is 0 Å². The molecule has 1 fully saturated rings. The minimum Gasteiger partial charge on any atom is -0.357 e. The third kappa shape index (κ3) is 3.66. The summed E-state index contributed by atoms with van der Waals surface area (Å²) < 4.78 is 7.72. The molecule has 2 aliphatic heterocycles. The number of aromatic nitrogens is 2. The first kappa shape index (κ1) is 16.1. The van der Waals surface area contributed by atoms with E-state index in [9.17, 15) is 4.79 Å². The number of allylic oxidation sites excluding steroid dienone is 1. The van der Waals surface area contributed by atoms with Crippen LogP contribution in [-0.2, 0) is 16.1 Å². The number of carbonyl (C=O) groups excluding carboxylic acids is 1. The largest absolute Gasteiger partial charge is 0.357 e. The molecule has 2 aliphatic rings. The van der Waals surface area contributed by atoms with Gasteiger partial charge in [-0.25, -0.2) is 4.68 Å². The van der Waals surface area contributed by atoms with E-state index in [1.807, 2.05) is 52.3 Å². The van der Waals surface area contributed by atoms with Gasteiger partial charge in [0.25, 0.3) is 0 Å². The number of hydrogen-bond acceptors (Lipinski definition) is 3. The van der Waals surface area contributed by atoms with Crippen molar-refractivity contribution in [1.29, 1.82) is 0 Å². The van der Waals surface area contributed by atoms with Gasteiger partial charge in [-0.05, 0) is 36.8 Å². The van der Waals surface area contributed by atoms with Gasteiger partial charge in [0.05, 0.1) is 12.7 Å². The van der Waals surface area contributed by atoms with Crippen molar-refractivity contribution in [2.45, 2.75) is 44.9 Å². The Balaban J connectivity index is 1.52. The predicted molar refractivity (Wildman–Crippen MR) is 95.3 cm³/mol. The summed E-state index contributed by atoms with van der Waals surface area (Å²) in [7, 11) is 0. The molecule has 1 aromatic carbocycles. The molecule has 130 valence electrons. The topological polar surface area (TPSA) is 47.4 Å². The molecule has 0 spiro atoms. The summed E-state index contributed by atoms with van der Waals surface area (Å²) in [4.78, 5) is 14.1. The van der Waals surface area contributed by atoms with Gasteiger partial charge in [-0.1, -0.05) is 30.3 Å². The molecule has 4 rings (SSSR count). The summed E-state index contributed by atoms with van der Waals surface area (Å²) in [5, 5.41) is 4.49. The maximum Gasteiger partial charge on any atom is 0.227 e. The highest BCUT2D eigenvalue weighted by Gasteiger charge is 2.22. The van der Waals surface area contributed by atoms with Crippen LogP contribution in [0.1, 0.15) is 49.5 Å². The molecule has 1 aromatic heterocycles. The molecule has 0 radical (unpaired) electrons. The number of benzene rings is 1. The van der Waals surface area contributed by atoms with Crippen molar-refractivity contribution in [1.82, 2.24) is 14.7 Å². The first-order valence-corrected chi connectivity index (χ1v) is 9.00. The third-order valence-corrected chi connectivity index (χ3v) is 4.86. The second-order valence-electron chi connectivity index (χ2n) is 6.69. The average molecular weight is 337 g/mol. The molecule has 0 N–H and O–H groups in total. The van der Waals surface area contributed by atoms with Gasteiger partial charge < -0.3 is 9.64 Å². The maximum atomic E-state index is 12.3. The highest BCUT2D eigenvalue weighted by Crippen LogP contribution is 2.28. The number of carbonyl (C=O) groups is 1. The molecule has 25 heavy (non-hydrogen) atoms. The Morgan fingerprint density at radius 3 is 2.84 bits per heavy atom. The van der Waals surface area contributed by atoms with E-state index >= 15 is 0 Å². The van der Waals surface area contributed by atoms with E-state index < -0.39 is 0 Å². The van der Waals surface area contributed by atoms with Crippen LogP contribution in [0.4, 0.5) is 0 Å². The van der Waals surface area contributed by atoms with Crippen LogP contribution in [0.3, 0.4) is 0 Å². The number of hydrogen-bond donors (Lipinski definition) is 0. The zero-order chi connectivity index (χ0) is 17.1. The number of rotatable bonds is 4. The van der Waals surface area contributed by atoms with E-state index in [1.54, 1.807) is 0 Å². The summed E-state index contributed by atoms with van der Waals surface area (Å²) in [6.07, 6.45) is 10.6. The molecule has 0 bridgehead atoms. The minimum absolute atomic E-state index is 0.0498. The summed E-state index contributed by atoms with van der Waals surface area (Å²) in [5.74, 6) is 0.176. The maximum absolute atomic E-state index is 12.3. The predicted octanol–water partition coefficient (Wildman–Crippen LogP) is 3.75. The molecule has 5 nitrogen and oxygen atoms in total. The Bertz CT molecular complexity index is 760. The first-order chi connectivity index (χ1) is 12.3. The third-order valence-electron chi connectivity index (χ3n) is 4.86. The van der Waals surface area contributed by atoms with Crippen LogP contribution in [0.2, 0.25) is 0 Å². The Labute approximate surface area is 147 Å². The van der Waals surface area contributed by atoms with Crippen molar-refractivity contribution in [2.75, 3.05) is 6.61 Å². The van der Waals surface area contributed by atoms with Gasteiger partial charge in [0.1, 0.15) is 6.23 Å². The lowest BCUT2D eigenvalue weighted by atomic mass is 10.0. The molecule has 1 amide bonds. The number of nitrogens with zero attached hydrogens (tertiary/aromatic N) is 3. The lowest BCUT2D eigenvalue weighted by Crippen LogP contribution is -2.28. The lowest BCUT2D eigenvalue weighted by molar-refractivity contribution is -0.129. The normalized spacial score (nSPS) is 21.3. The van der Waals surface area contributed by atoms with Crippen LogP contribution < -0.4 is 0 Å². The molecular formula is C20H23N3O2. The van der Waals surface area contributed by atoms with Gasteiger partial charge in [-0.2, -0.15) is 5.10 Å². The van der Waals surface area contributed by atoms with Crippen molar-refractivity contribution < 1.29 is 9.53 Å². The van der Waals surface area contributed by atoms with E-state index in [2.05, 4.69) is 11.3 Å². The molecule has 0 saturated carbocycles. The standard InChI is InChI=1S/C20H23N3O2/c24-19-10-9-17(14-22(19)13-16-6-2-1-3-7-16)18-12-21-23(15-18)20-8-4-5-11-25-20/h1-3,6-7,12,14-15,20H,4-5,8-11,13H2. The van der Waals surface area contributed by atoms with Crippen molar-refractivity contribution in [3.8, 4) is 0 Å². The summed E-state index contributed by atoms with van der Waals surface area (Å²) >= 11 is 0. The SMILES string of the molecule is O=C1CCC(c2cnn(C3CCCCO3)c2)=CN1Cc1ccccc1. The van der Waals surface area contributed by atoms with Crippen LogP contribution in [0.15, 0.2) is 48.9 Å². The van der Waals surface area contributed by atoms with E-state index in [0.29, 0.717) is 13.0 Å². The Morgan fingerprint density at radius 2 is 2.04 bits per heavy atom. The molecule has 2 aromatic rings. The molecule has 0 aliphatic carbocycles. The van der Waals surface area contributed by atoms with Gasteiger partial charge in [-0.15, -0.1) is 0 Å². The summed E-state index contributed by atoms with van der Waals surface area (Å²) in [6.45, 7) is 1.42. The second-order valence-corrected chi connectivity index (χ2v) is 6.69. The average Bonchev–Trinajstić information content (AvgIpc) is 3.15. The molecule has 5 heteroatoms. The van der Waals surface area contributed by atoms with Gasteiger partial charge in [0.2, 0.25) is 5.91 Å². The molecular weight excluding hydrogens is 314 g/mol. The monoisotopic (exact) mass is 337 g/mol. The second kappa shape index (κ2) is 7.23. The fourth-order valence-electron chi connectivity index (χ4n) is 3.44. The van der Waals surface area contributed by atoms with Crippen LogP contribution in [-0.4, -0.2) is 27.2 Å². The Hall–Kier alpha value is -2.40. The zero-order valence-electron chi connectivity index (χ0n) is 14.3. The van der Waals surface area contributed by atoms with Crippen molar-refractivity contribution in [3.05, 3.63) is 60.1 Å². The summed E-state index contributed by atoms with van der Waals surface area (Å²) in [6, 6.07) is 10.1. The Kier molecular flexibility index (Phi) is 4.65.